The van der Waals surface area contributed by atoms with Crippen molar-refractivity contribution in [2.75, 3.05) is 14.1 Å². The third-order valence-corrected chi connectivity index (χ3v) is 13.1. The monoisotopic (exact) mass is 325 g/mol. The topological polar surface area (TPSA) is 3.24 Å². The molecule has 0 atom stereocenters. The molecule has 2 aromatic rings. The Morgan fingerprint density at radius 3 is 1.47 bits per heavy atom. The number of hydrogen-bond acceptors (Lipinski definition) is 3. The van der Waals surface area contributed by atoms with Gasteiger partial charge < -0.3 is 0 Å². The van der Waals surface area contributed by atoms with Gasteiger partial charge in [-0.15, -0.1) is 0 Å². The van der Waals surface area contributed by atoms with E-state index in [1.165, 1.54) is 9.79 Å². The molecule has 5 heteroatoms. The molecule has 0 unspecified atom stereocenters. The maximum Gasteiger partial charge on any atom is 0.129 e. The van der Waals surface area contributed by atoms with Gasteiger partial charge in [0.1, 0.15) is 4.59 Å². The van der Waals surface area contributed by atoms with Crippen LogP contribution in [0.5, 0.6) is 0 Å². The van der Waals surface area contributed by atoms with Gasteiger partial charge in [0, 0.05) is 9.79 Å². The minimum atomic E-state index is -1.74. The SMILES string of the molecule is CN(C)P(=S)(Sc1ccccc1)Sc1ccccc1. The number of rotatable bonds is 5. The molecule has 0 radical (unpaired) electrons. The van der Waals surface area contributed by atoms with Crippen LogP contribution in [0.3, 0.4) is 0 Å². The van der Waals surface area contributed by atoms with Crippen molar-refractivity contribution in [3.63, 3.8) is 0 Å². The molecule has 2 aromatic carbocycles. The third kappa shape index (κ3) is 4.37. The second-order valence-corrected chi connectivity index (χ2v) is 15.1. The molecule has 1 nitrogen and oxygen atoms in total. The van der Waals surface area contributed by atoms with E-state index in [0.717, 1.165) is 0 Å². The van der Waals surface area contributed by atoms with E-state index >= 15 is 0 Å². The molecule has 0 heterocycles. The van der Waals surface area contributed by atoms with Gasteiger partial charge >= 0.3 is 0 Å². The Hall–Kier alpha value is -0.250. The molecular formula is C14H16NPS3. The van der Waals surface area contributed by atoms with Crippen molar-refractivity contribution in [1.29, 1.82) is 0 Å². The Morgan fingerprint density at radius 1 is 0.789 bits per heavy atom. The molecule has 0 saturated carbocycles. The Labute approximate surface area is 128 Å². The highest BCUT2D eigenvalue weighted by molar-refractivity contribution is 8.99. The molecule has 0 aliphatic rings. The molecule has 0 fully saturated rings. The van der Waals surface area contributed by atoms with Gasteiger partial charge in [0.2, 0.25) is 0 Å². The first kappa shape index (κ1) is 15.1. The maximum atomic E-state index is 5.95. The molecule has 0 amide bonds. The molecule has 0 aliphatic heterocycles. The van der Waals surface area contributed by atoms with Crippen molar-refractivity contribution in [2.24, 2.45) is 0 Å². The Kier molecular flexibility index (Phi) is 5.55. The fourth-order valence-electron chi connectivity index (χ4n) is 1.41. The smallest absolute Gasteiger partial charge is 0.129 e. The molecular weight excluding hydrogens is 309 g/mol. The zero-order valence-corrected chi connectivity index (χ0v) is 14.2. The minimum Gasteiger partial charge on any atom is -0.265 e. The Balaban J connectivity index is 2.21. The quantitative estimate of drug-likeness (QED) is 0.681. The summed E-state index contributed by atoms with van der Waals surface area (Å²) in [6.07, 6.45) is 0. The van der Waals surface area contributed by atoms with E-state index in [-0.39, 0.29) is 0 Å². The highest BCUT2D eigenvalue weighted by atomic mass is 33.2. The summed E-state index contributed by atoms with van der Waals surface area (Å²) in [5, 5.41) is 0. The molecule has 0 saturated heterocycles. The molecule has 0 bridgehead atoms. The van der Waals surface area contributed by atoms with E-state index in [9.17, 15) is 0 Å². The summed E-state index contributed by atoms with van der Waals surface area (Å²) in [7, 11) is 4.15. The van der Waals surface area contributed by atoms with E-state index in [1.807, 2.05) is 34.9 Å². The molecule has 0 spiro atoms. The lowest BCUT2D eigenvalue weighted by atomic mass is 10.4. The van der Waals surface area contributed by atoms with Gasteiger partial charge in [0.15, 0.2) is 0 Å². The average Bonchev–Trinajstić information content (AvgIpc) is 2.40. The first-order valence-corrected chi connectivity index (χ1v) is 11.5. The van der Waals surface area contributed by atoms with E-state index < -0.39 is 4.59 Å². The second kappa shape index (κ2) is 6.96. The summed E-state index contributed by atoms with van der Waals surface area (Å²) < 4.78 is 0.457. The Bertz CT molecular complexity index is 512. The van der Waals surface area contributed by atoms with Gasteiger partial charge in [-0.25, -0.2) is 0 Å². The summed E-state index contributed by atoms with van der Waals surface area (Å²) in [6, 6.07) is 20.8. The van der Waals surface area contributed by atoms with Crippen molar-refractivity contribution >= 4 is 39.2 Å². The lowest BCUT2D eigenvalue weighted by Gasteiger charge is -2.27. The summed E-state index contributed by atoms with van der Waals surface area (Å²) in [6.45, 7) is 0. The standard InChI is InChI=1S/C14H16NPS3/c1-15(2)16(17,18-13-9-5-3-6-10-13)19-14-11-7-4-8-12-14/h3-12H,1-2H3. The van der Waals surface area contributed by atoms with E-state index in [2.05, 4.69) is 67.3 Å². The van der Waals surface area contributed by atoms with Gasteiger partial charge in [-0.2, -0.15) is 0 Å². The van der Waals surface area contributed by atoms with Crippen molar-refractivity contribution < 1.29 is 0 Å². The van der Waals surface area contributed by atoms with Crippen LogP contribution in [0, 0.1) is 0 Å². The molecule has 0 aromatic heterocycles. The van der Waals surface area contributed by atoms with Crippen molar-refractivity contribution in [1.82, 2.24) is 4.67 Å². The van der Waals surface area contributed by atoms with Gasteiger partial charge in [-0.1, -0.05) is 71.0 Å². The predicted octanol–water partition coefficient (Wildman–Crippen LogP) is 5.36. The van der Waals surface area contributed by atoms with Crippen LogP contribution >= 0.6 is 27.4 Å². The fraction of sp³-hybridized carbons (Fsp3) is 0.143. The van der Waals surface area contributed by atoms with Gasteiger partial charge in [0.25, 0.3) is 0 Å². The van der Waals surface area contributed by atoms with Crippen LogP contribution in [-0.4, -0.2) is 18.8 Å². The van der Waals surface area contributed by atoms with Crippen LogP contribution in [0.1, 0.15) is 0 Å². The highest BCUT2D eigenvalue weighted by Crippen LogP contribution is 2.74. The first-order chi connectivity index (χ1) is 9.10. The number of nitrogens with zero attached hydrogens (tertiary/aromatic N) is 1. The van der Waals surface area contributed by atoms with Crippen LogP contribution in [0.4, 0.5) is 0 Å². The predicted molar refractivity (Wildman–Crippen MR) is 92.6 cm³/mol. The third-order valence-electron chi connectivity index (χ3n) is 2.42. The van der Waals surface area contributed by atoms with E-state index in [4.69, 9.17) is 11.8 Å². The van der Waals surface area contributed by atoms with Gasteiger partial charge in [-0.05, 0) is 38.4 Å². The van der Waals surface area contributed by atoms with Crippen LogP contribution in [0.2, 0.25) is 0 Å². The number of hydrogen-bond donors (Lipinski definition) is 0. The molecule has 0 N–H and O–H groups in total. The number of benzene rings is 2. The second-order valence-electron chi connectivity index (χ2n) is 4.12. The van der Waals surface area contributed by atoms with E-state index in [0.29, 0.717) is 0 Å². The van der Waals surface area contributed by atoms with Gasteiger partial charge in [0.05, 0.1) is 0 Å². The van der Waals surface area contributed by atoms with Crippen LogP contribution < -0.4 is 0 Å². The van der Waals surface area contributed by atoms with E-state index in [1.54, 1.807) is 0 Å². The molecule has 100 valence electrons. The zero-order chi connectivity index (χ0) is 13.7. The summed E-state index contributed by atoms with van der Waals surface area (Å²) in [4.78, 5) is 2.48. The summed E-state index contributed by atoms with van der Waals surface area (Å²) in [5.41, 5.74) is 0. The van der Waals surface area contributed by atoms with Crippen molar-refractivity contribution in [3.8, 4) is 0 Å². The summed E-state index contributed by atoms with van der Waals surface area (Å²) >= 11 is 9.57. The normalized spacial score (nSPS) is 11.7. The van der Waals surface area contributed by atoms with Crippen molar-refractivity contribution in [3.05, 3.63) is 60.7 Å². The minimum absolute atomic E-state index is 1.24. The largest absolute Gasteiger partial charge is 0.265 e. The average molecular weight is 325 g/mol. The molecule has 0 aliphatic carbocycles. The van der Waals surface area contributed by atoms with Crippen LogP contribution in [-0.2, 0) is 11.8 Å². The maximum absolute atomic E-state index is 5.95. The van der Waals surface area contributed by atoms with Crippen molar-refractivity contribution in [2.45, 2.75) is 9.79 Å². The van der Waals surface area contributed by atoms with Crippen LogP contribution in [0.25, 0.3) is 0 Å². The zero-order valence-electron chi connectivity index (χ0n) is 10.9. The first-order valence-electron chi connectivity index (χ1n) is 5.87. The molecule has 2 rings (SSSR count). The van der Waals surface area contributed by atoms with Gasteiger partial charge in [-0.3, -0.25) is 4.67 Å². The lowest BCUT2D eigenvalue weighted by Crippen LogP contribution is -2.03. The van der Waals surface area contributed by atoms with Crippen LogP contribution in [0.15, 0.2) is 70.5 Å². The fourth-order valence-corrected chi connectivity index (χ4v) is 9.72. The molecule has 19 heavy (non-hydrogen) atoms. The lowest BCUT2D eigenvalue weighted by molar-refractivity contribution is 0.696. The Morgan fingerprint density at radius 2 is 1.16 bits per heavy atom. The summed E-state index contributed by atoms with van der Waals surface area (Å²) in [5.74, 6) is 0. The highest BCUT2D eigenvalue weighted by Gasteiger charge is 2.23.